The number of rotatable bonds is 6. The molecule has 0 radical (unpaired) electrons. The number of thiazole rings is 1. The zero-order chi connectivity index (χ0) is 16.6. The molecule has 0 saturated carbocycles. The van der Waals surface area contributed by atoms with E-state index in [1.165, 1.54) is 18.6 Å². The lowest BCUT2D eigenvalue weighted by Crippen LogP contribution is -2.40. The van der Waals surface area contributed by atoms with Gasteiger partial charge >= 0.3 is 0 Å². The molecule has 1 aliphatic rings. The maximum absolute atomic E-state index is 4.70. The Morgan fingerprint density at radius 1 is 1.28 bits per heavy atom. The van der Waals surface area contributed by atoms with E-state index in [1.54, 1.807) is 11.3 Å². The summed E-state index contributed by atoms with van der Waals surface area (Å²) in [5.74, 6) is 2.18. The Balaban J connectivity index is 0.00000225. The van der Waals surface area contributed by atoms with Crippen LogP contribution in [-0.2, 0) is 6.54 Å². The first-order valence-corrected chi connectivity index (χ1v) is 10.4. The van der Waals surface area contributed by atoms with Crippen molar-refractivity contribution in [1.82, 2.24) is 15.6 Å². The Kier molecular flexibility index (Phi) is 9.05. The lowest BCUT2D eigenvalue weighted by atomic mass is 10.2. The fourth-order valence-corrected chi connectivity index (χ4v) is 4.56. The number of nitrogens with one attached hydrogen (secondary N) is 2. The van der Waals surface area contributed by atoms with Crippen LogP contribution in [0.5, 0.6) is 0 Å². The average molecular weight is 488 g/mol. The van der Waals surface area contributed by atoms with E-state index in [2.05, 4.69) is 51.8 Å². The SMILES string of the molecule is CCNC(=NCc1nc(-c2ccccc2)cs1)NCC1CCCS1.I. The summed E-state index contributed by atoms with van der Waals surface area (Å²) in [6.45, 7) is 4.57. The van der Waals surface area contributed by atoms with Crippen LogP contribution in [0.25, 0.3) is 11.3 Å². The Morgan fingerprint density at radius 3 is 2.84 bits per heavy atom. The second-order valence-electron chi connectivity index (χ2n) is 5.70. The second-order valence-corrected chi connectivity index (χ2v) is 8.05. The van der Waals surface area contributed by atoms with Gasteiger partial charge in [-0.1, -0.05) is 30.3 Å². The van der Waals surface area contributed by atoms with Crippen molar-refractivity contribution in [2.24, 2.45) is 4.99 Å². The van der Waals surface area contributed by atoms with Gasteiger partial charge in [0.2, 0.25) is 0 Å². The van der Waals surface area contributed by atoms with Crippen molar-refractivity contribution in [3.8, 4) is 11.3 Å². The number of aliphatic imine (C=N–C) groups is 1. The van der Waals surface area contributed by atoms with Crippen molar-refractivity contribution >= 4 is 53.0 Å². The van der Waals surface area contributed by atoms with Crippen LogP contribution in [0.15, 0.2) is 40.7 Å². The van der Waals surface area contributed by atoms with Gasteiger partial charge in [0, 0.05) is 29.3 Å². The van der Waals surface area contributed by atoms with Crippen LogP contribution in [0.4, 0.5) is 0 Å². The molecule has 25 heavy (non-hydrogen) atoms. The first-order valence-electron chi connectivity index (χ1n) is 8.48. The maximum atomic E-state index is 4.70. The molecule has 2 aromatic rings. The monoisotopic (exact) mass is 488 g/mol. The number of thioether (sulfide) groups is 1. The van der Waals surface area contributed by atoms with E-state index in [-0.39, 0.29) is 24.0 Å². The van der Waals surface area contributed by atoms with Crippen LogP contribution in [0.1, 0.15) is 24.8 Å². The molecule has 2 heterocycles. The van der Waals surface area contributed by atoms with Crippen molar-refractivity contribution in [3.63, 3.8) is 0 Å². The van der Waals surface area contributed by atoms with Gasteiger partial charge in [0.15, 0.2) is 5.96 Å². The third-order valence-electron chi connectivity index (χ3n) is 3.86. The van der Waals surface area contributed by atoms with Crippen LogP contribution in [-0.4, -0.2) is 35.0 Å². The number of nitrogens with zero attached hydrogens (tertiary/aromatic N) is 2. The first-order chi connectivity index (χ1) is 11.8. The summed E-state index contributed by atoms with van der Waals surface area (Å²) in [5.41, 5.74) is 2.19. The van der Waals surface area contributed by atoms with Gasteiger partial charge in [0.1, 0.15) is 5.01 Å². The number of hydrogen-bond donors (Lipinski definition) is 2. The summed E-state index contributed by atoms with van der Waals surface area (Å²) in [5, 5.41) is 10.7. The number of hydrogen-bond acceptors (Lipinski definition) is 4. The molecule has 1 aliphatic heterocycles. The van der Waals surface area contributed by atoms with Gasteiger partial charge in [-0.25, -0.2) is 9.98 Å². The summed E-state index contributed by atoms with van der Waals surface area (Å²) in [4.78, 5) is 9.39. The van der Waals surface area contributed by atoms with Crippen LogP contribution in [0.3, 0.4) is 0 Å². The smallest absolute Gasteiger partial charge is 0.191 e. The first kappa shape index (κ1) is 20.5. The lowest BCUT2D eigenvalue weighted by molar-refractivity contribution is 0.727. The molecule has 0 bridgehead atoms. The number of aromatic nitrogens is 1. The Hall–Kier alpha value is -0.800. The minimum absolute atomic E-state index is 0. The van der Waals surface area contributed by atoms with Gasteiger partial charge in [-0.2, -0.15) is 11.8 Å². The Bertz CT molecular complexity index is 654. The van der Waals surface area contributed by atoms with Crippen LogP contribution >= 0.6 is 47.1 Å². The highest BCUT2D eigenvalue weighted by Crippen LogP contribution is 2.25. The number of guanidine groups is 1. The standard InChI is InChI=1S/C18H24N4S2.HI/c1-2-19-18(20-11-15-9-6-10-23-15)21-12-17-22-16(13-24-17)14-7-4-3-5-8-14;/h3-5,7-8,13,15H,2,6,9-12H2,1H3,(H2,19,20,21);1H. The largest absolute Gasteiger partial charge is 0.357 e. The molecule has 136 valence electrons. The summed E-state index contributed by atoms with van der Waals surface area (Å²) >= 11 is 3.73. The topological polar surface area (TPSA) is 49.3 Å². The predicted molar refractivity (Wildman–Crippen MR) is 121 cm³/mol. The van der Waals surface area contributed by atoms with E-state index in [1.807, 2.05) is 18.2 Å². The molecule has 1 aromatic carbocycles. The lowest BCUT2D eigenvalue weighted by Gasteiger charge is -2.14. The molecule has 4 nitrogen and oxygen atoms in total. The van der Waals surface area contributed by atoms with Gasteiger partial charge < -0.3 is 10.6 Å². The molecule has 7 heteroatoms. The quantitative estimate of drug-likeness (QED) is 0.360. The van der Waals surface area contributed by atoms with E-state index in [9.17, 15) is 0 Å². The van der Waals surface area contributed by atoms with Gasteiger partial charge in [-0.3, -0.25) is 0 Å². The zero-order valence-electron chi connectivity index (χ0n) is 14.4. The highest BCUT2D eigenvalue weighted by Gasteiger charge is 2.15. The highest BCUT2D eigenvalue weighted by molar-refractivity contribution is 14.0. The normalized spacial score (nSPS) is 17.2. The predicted octanol–water partition coefficient (Wildman–Crippen LogP) is 4.38. The van der Waals surface area contributed by atoms with Crippen molar-refractivity contribution < 1.29 is 0 Å². The molecule has 2 N–H and O–H groups in total. The fourth-order valence-electron chi connectivity index (χ4n) is 2.63. The third-order valence-corrected chi connectivity index (χ3v) is 6.09. The minimum atomic E-state index is 0. The molecule has 1 saturated heterocycles. The van der Waals surface area contributed by atoms with Crippen molar-refractivity contribution in [1.29, 1.82) is 0 Å². The molecular weight excluding hydrogens is 463 g/mol. The van der Waals surface area contributed by atoms with Crippen LogP contribution in [0.2, 0.25) is 0 Å². The molecule has 1 atom stereocenters. The number of benzene rings is 1. The van der Waals surface area contributed by atoms with Crippen LogP contribution in [0, 0.1) is 0 Å². The Morgan fingerprint density at radius 2 is 2.12 bits per heavy atom. The summed E-state index contributed by atoms with van der Waals surface area (Å²) in [6.07, 6.45) is 2.65. The number of halogens is 1. The highest BCUT2D eigenvalue weighted by atomic mass is 127. The van der Waals surface area contributed by atoms with Crippen molar-refractivity contribution in [3.05, 3.63) is 40.7 Å². The van der Waals surface area contributed by atoms with Gasteiger partial charge in [0.25, 0.3) is 0 Å². The van der Waals surface area contributed by atoms with Gasteiger partial charge in [-0.05, 0) is 25.5 Å². The molecule has 1 aromatic heterocycles. The van der Waals surface area contributed by atoms with E-state index in [4.69, 9.17) is 4.98 Å². The molecule has 1 unspecified atom stereocenters. The van der Waals surface area contributed by atoms with Crippen molar-refractivity contribution in [2.45, 2.75) is 31.6 Å². The average Bonchev–Trinajstić information content (AvgIpc) is 3.30. The molecule has 0 amide bonds. The van der Waals surface area contributed by atoms with E-state index < -0.39 is 0 Å². The summed E-state index contributed by atoms with van der Waals surface area (Å²) in [7, 11) is 0. The molecule has 3 rings (SSSR count). The Labute approximate surface area is 175 Å². The summed E-state index contributed by atoms with van der Waals surface area (Å²) < 4.78 is 0. The third kappa shape index (κ3) is 6.45. The van der Waals surface area contributed by atoms with Crippen molar-refractivity contribution in [2.75, 3.05) is 18.8 Å². The van der Waals surface area contributed by atoms with E-state index in [0.717, 1.165) is 40.6 Å². The van der Waals surface area contributed by atoms with Gasteiger partial charge in [0.05, 0.1) is 12.2 Å². The minimum Gasteiger partial charge on any atom is -0.357 e. The maximum Gasteiger partial charge on any atom is 0.191 e. The molecule has 0 spiro atoms. The van der Waals surface area contributed by atoms with Crippen LogP contribution < -0.4 is 10.6 Å². The molecule has 0 aliphatic carbocycles. The zero-order valence-corrected chi connectivity index (χ0v) is 18.4. The summed E-state index contributed by atoms with van der Waals surface area (Å²) in [6, 6.07) is 10.3. The fraction of sp³-hybridized carbons (Fsp3) is 0.444. The van der Waals surface area contributed by atoms with E-state index in [0.29, 0.717) is 6.54 Å². The van der Waals surface area contributed by atoms with E-state index >= 15 is 0 Å². The molecular formula is C18H25IN4S2. The molecule has 1 fully saturated rings. The second kappa shape index (κ2) is 11.0. The van der Waals surface area contributed by atoms with Gasteiger partial charge in [-0.15, -0.1) is 35.3 Å².